The van der Waals surface area contributed by atoms with E-state index in [1.54, 1.807) is 18.3 Å². The van der Waals surface area contributed by atoms with Gasteiger partial charge in [0.1, 0.15) is 6.54 Å². The molecule has 5 heteroatoms. The van der Waals surface area contributed by atoms with Gasteiger partial charge in [-0.05, 0) is 18.2 Å². The van der Waals surface area contributed by atoms with Crippen molar-refractivity contribution in [3.63, 3.8) is 0 Å². The molecule has 4 rings (SSSR count). The second-order valence-corrected chi connectivity index (χ2v) is 6.19. The number of pyridine rings is 1. The number of carbonyl (C=O) groups is 2. The molecule has 1 aromatic heterocycles. The number of fused-ring (bicyclic) bond motifs is 1. The monoisotopic (exact) mass is 355 g/mol. The molecule has 0 unspecified atom stereocenters. The molecule has 0 saturated heterocycles. The summed E-state index contributed by atoms with van der Waals surface area (Å²) in [5, 5.41) is 0. The first-order valence-corrected chi connectivity index (χ1v) is 8.67. The predicted octanol–water partition coefficient (Wildman–Crippen LogP) is 3.15. The van der Waals surface area contributed by atoms with Crippen molar-refractivity contribution >= 4 is 23.1 Å². The van der Waals surface area contributed by atoms with Gasteiger partial charge in [-0.3, -0.25) is 19.6 Å². The number of rotatable bonds is 4. The van der Waals surface area contributed by atoms with Crippen LogP contribution in [0.25, 0.3) is 0 Å². The molecule has 0 atom stereocenters. The summed E-state index contributed by atoms with van der Waals surface area (Å²) in [6.45, 7) is -0.0433. The van der Waals surface area contributed by atoms with Crippen molar-refractivity contribution in [3.05, 3.63) is 95.8 Å². The first kappa shape index (κ1) is 16.8. The highest BCUT2D eigenvalue weighted by Crippen LogP contribution is 2.27. The number of Topliss-reactive ketones (excluding diaryl/α,β-unsaturated/α-hetero) is 1. The average molecular weight is 355 g/mol. The Hall–Kier alpha value is -3.60. The molecule has 0 N–H and O–H groups in total. The van der Waals surface area contributed by atoms with Crippen molar-refractivity contribution in [3.8, 4) is 0 Å². The molecule has 3 aromatic rings. The molecular formula is C22H17N3O2. The Kier molecular flexibility index (Phi) is 4.58. The minimum atomic E-state index is -0.203. The molecule has 0 aliphatic carbocycles. The van der Waals surface area contributed by atoms with Gasteiger partial charge in [0.25, 0.3) is 0 Å². The van der Waals surface area contributed by atoms with E-state index < -0.39 is 0 Å². The van der Waals surface area contributed by atoms with E-state index in [0.717, 1.165) is 16.8 Å². The molecule has 0 spiro atoms. The maximum atomic E-state index is 12.8. The second-order valence-electron chi connectivity index (χ2n) is 6.19. The van der Waals surface area contributed by atoms with E-state index in [9.17, 15) is 9.59 Å². The summed E-state index contributed by atoms with van der Waals surface area (Å²) < 4.78 is 0. The molecule has 2 aromatic carbocycles. The largest absolute Gasteiger partial charge is 0.302 e. The maximum Gasteiger partial charge on any atom is 0.249 e. The smallest absolute Gasteiger partial charge is 0.249 e. The first-order chi connectivity index (χ1) is 13.2. The van der Waals surface area contributed by atoms with Crippen molar-refractivity contribution < 1.29 is 9.59 Å². The Labute approximate surface area is 157 Å². The Bertz CT molecular complexity index is 1010. The molecule has 1 amide bonds. The zero-order chi connectivity index (χ0) is 18.6. The van der Waals surface area contributed by atoms with E-state index in [-0.39, 0.29) is 24.8 Å². The van der Waals surface area contributed by atoms with E-state index in [4.69, 9.17) is 0 Å². The summed E-state index contributed by atoms with van der Waals surface area (Å²) in [5.41, 5.74) is 3.72. The molecule has 0 bridgehead atoms. The highest BCUT2D eigenvalue weighted by atomic mass is 16.2. The molecule has 5 nitrogen and oxygen atoms in total. The van der Waals surface area contributed by atoms with Crippen LogP contribution < -0.4 is 4.90 Å². The number of anilines is 1. The maximum absolute atomic E-state index is 12.8. The Morgan fingerprint density at radius 1 is 0.963 bits per heavy atom. The van der Waals surface area contributed by atoms with Crippen LogP contribution in [0.4, 0.5) is 5.69 Å². The van der Waals surface area contributed by atoms with Crippen LogP contribution in [0.1, 0.15) is 21.5 Å². The normalized spacial score (nSPS) is 13.6. The highest BCUT2D eigenvalue weighted by Gasteiger charge is 2.26. The number of aromatic nitrogens is 1. The SMILES string of the molecule is O=C(CN1C(=O)CN=C(c2ccccc2)c2ccccc21)c1cccnc1. The van der Waals surface area contributed by atoms with Crippen LogP contribution in [-0.2, 0) is 4.79 Å². The van der Waals surface area contributed by atoms with Crippen LogP contribution in [0, 0.1) is 0 Å². The lowest BCUT2D eigenvalue weighted by Crippen LogP contribution is -2.37. The molecule has 0 radical (unpaired) electrons. The summed E-state index contributed by atoms with van der Waals surface area (Å²) in [6, 6.07) is 20.7. The van der Waals surface area contributed by atoms with Gasteiger partial charge in [0.2, 0.25) is 5.91 Å². The number of para-hydroxylation sites is 1. The molecule has 132 valence electrons. The van der Waals surface area contributed by atoms with Crippen molar-refractivity contribution in [1.82, 2.24) is 4.98 Å². The number of aliphatic imine (C=N–C) groups is 1. The number of hydrogen-bond donors (Lipinski definition) is 0. The van der Waals surface area contributed by atoms with Crippen LogP contribution in [0.2, 0.25) is 0 Å². The third-order valence-electron chi connectivity index (χ3n) is 4.46. The minimum Gasteiger partial charge on any atom is -0.302 e. The van der Waals surface area contributed by atoms with Crippen LogP contribution in [0.3, 0.4) is 0 Å². The Morgan fingerprint density at radius 3 is 2.52 bits per heavy atom. The molecular weight excluding hydrogens is 338 g/mol. The van der Waals surface area contributed by atoms with Gasteiger partial charge < -0.3 is 4.90 Å². The Balaban J connectivity index is 1.73. The molecule has 27 heavy (non-hydrogen) atoms. The van der Waals surface area contributed by atoms with E-state index >= 15 is 0 Å². The van der Waals surface area contributed by atoms with Crippen molar-refractivity contribution in [1.29, 1.82) is 0 Å². The van der Waals surface area contributed by atoms with Crippen LogP contribution >= 0.6 is 0 Å². The second kappa shape index (κ2) is 7.33. The van der Waals surface area contributed by atoms with E-state index in [2.05, 4.69) is 9.98 Å². The molecule has 0 saturated carbocycles. The fourth-order valence-electron chi connectivity index (χ4n) is 3.14. The lowest BCUT2D eigenvalue weighted by molar-refractivity contribution is -0.117. The summed E-state index contributed by atoms with van der Waals surface area (Å²) in [7, 11) is 0. The third-order valence-corrected chi connectivity index (χ3v) is 4.46. The van der Waals surface area contributed by atoms with Gasteiger partial charge in [-0.1, -0.05) is 48.5 Å². The number of ketones is 1. The molecule has 2 heterocycles. The summed E-state index contributed by atoms with van der Waals surface area (Å²) >= 11 is 0. The lowest BCUT2D eigenvalue weighted by Gasteiger charge is -2.22. The fourth-order valence-corrected chi connectivity index (χ4v) is 3.14. The van der Waals surface area contributed by atoms with Crippen LogP contribution in [0.5, 0.6) is 0 Å². The fraction of sp³-hybridized carbons (Fsp3) is 0.0909. The quantitative estimate of drug-likeness (QED) is 0.676. The number of nitrogens with zero attached hydrogens (tertiary/aromatic N) is 3. The standard InChI is InChI=1S/C22H17N3O2/c26-20(17-9-6-12-23-13-17)15-25-19-11-5-4-10-18(19)22(24-14-21(25)27)16-7-2-1-3-8-16/h1-13H,14-15H2. The summed E-state index contributed by atoms with van der Waals surface area (Å²) in [6.07, 6.45) is 3.13. The lowest BCUT2D eigenvalue weighted by atomic mass is 10.00. The van der Waals surface area contributed by atoms with Gasteiger partial charge in [0.15, 0.2) is 5.78 Å². The van der Waals surface area contributed by atoms with Crippen molar-refractivity contribution in [2.45, 2.75) is 0 Å². The number of carbonyl (C=O) groups excluding carboxylic acids is 2. The van der Waals surface area contributed by atoms with Gasteiger partial charge in [-0.2, -0.15) is 0 Å². The molecule has 1 aliphatic rings. The number of hydrogen-bond acceptors (Lipinski definition) is 4. The van der Waals surface area contributed by atoms with Crippen molar-refractivity contribution in [2.24, 2.45) is 4.99 Å². The average Bonchev–Trinajstić information content (AvgIpc) is 2.86. The Morgan fingerprint density at radius 2 is 1.74 bits per heavy atom. The summed E-state index contributed by atoms with van der Waals surface area (Å²) in [5.74, 6) is -0.361. The van der Waals surface area contributed by atoms with E-state index in [1.165, 1.54) is 11.1 Å². The molecule has 0 fully saturated rings. The van der Waals surface area contributed by atoms with Gasteiger partial charge in [-0.15, -0.1) is 0 Å². The third kappa shape index (κ3) is 3.40. The number of amides is 1. The van der Waals surface area contributed by atoms with Gasteiger partial charge in [0, 0.05) is 29.1 Å². The van der Waals surface area contributed by atoms with E-state index in [1.807, 2.05) is 54.6 Å². The van der Waals surface area contributed by atoms with E-state index in [0.29, 0.717) is 11.3 Å². The zero-order valence-corrected chi connectivity index (χ0v) is 14.6. The van der Waals surface area contributed by atoms with Gasteiger partial charge in [-0.25, -0.2) is 0 Å². The zero-order valence-electron chi connectivity index (χ0n) is 14.6. The number of benzene rings is 2. The topological polar surface area (TPSA) is 62.6 Å². The highest BCUT2D eigenvalue weighted by molar-refractivity contribution is 6.20. The summed E-state index contributed by atoms with van der Waals surface area (Å²) in [4.78, 5) is 35.5. The van der Waals surface area contributed by atoms with Gasteiger partial charge in [0.05, 0.1) is 17.9 Å². The predicted molar refractivity (Wildman–Crippen MR) is 104 cm³/mol. The van der Waals surface area contributed by atoms with Gasteiger partial charge >= 0.3 is 0 Å². The van der Waals surface area contributed by atoms with Crippen molar-refractivity contribution in [2.75, 3.05) is 18.0 Å². The molecule has 1 aliphatic heterocycles. The minimum absolute atomic E-state index is 0.000767. The van der Waals surface area contributed by atoms with Crippen LogP contribution in [0.15, 0.2) is 84.1 Å². The number of benzodiazepines with no additional fused rings is 1. The van der Waals surface area contributed by atoms with Crippen LogP contribution in [-0.4, -0.2) is 35.5 Å². The first-order valence-electron chi connectivity index (χ1n) is 8.67.